The summed E-state index contributed by atoms with van der Waals surface area (Å²) in [6, 6.07) is 13.0. The Morgan fingerprint density at radius 3 is 2.87 bits per heavy atom. The van der Waals surface area contributed by atoms with Gasteiger partial charge in [-0.15, -0.1) is 0 Å². The van der Waals surface area contributed by atoms with E-state index < -0.39 is 0 Å². The third-order valence-corrected chi connectivity index (χ3v) is 3.41. The van der Waals surface area contributed by atoms with Crippen molar-refractivity contribution in [2.45, 2.75) is 0 Å². The summed E-state index contributed by atoms with van der Waals surface area (Å²) >= 11 is 0. The largest absolute Gasteiger partial charge is 0.351 e. The van der Waals surface area contributed by atoms with Crippen LogP contribution in [0.3, 0.4) is 0 Å². The molecule has 0 saturated heterocycles. The van der Waals surface area contributed by atoms with E-state index in [0.717, 1.165) is 10.9 Å². The van der Waals surface area contributed by atoms with Gasteiger partial charge in [-0.05, 0) is 18.2 Å². The fraction of sp³-hybridized carbons (Fsp3) is 0. The zero-order valence-corrected chi connectivity index (χ0v) is 12.0. The lowest BCUT2D eigenvalue weighted by Gasteiger charge is -2.05. The van der Waals surface area contributed by atoms with E-state index in [4.69, 9.17) is 0 Å². The van der Waals surface area contributed by atoms with Crippen molar-refractivity contribution in [3.05, 3.63) is 66.9 Å². The molecule has 4 rings (SSSR count). The van der Waals surface area contributed by atoms with Gasteiger partial charge in [0.15, 0.2) is 5.82 Å². The fourth-order valence-electron chi connectivity index (χ4n) is 2.32. The Hall–Kier alpha value is -3.48. The molecule has 7 nitrogen and oxygen atoms in total. The molecule has 1 aromatic carbocycles. The molecular weight excluding hydrogens is 292 g/mol. The molecule has 0 bridgehead atoms. The number of fused-ring (bicyclic) bond motifs is 1. The highest BCUT2D eigenvalue weighted by Gasteiger charge is 2.11. The number of para-hydroxylation sites is 1. The van der Waals surface area contributed by atoms with Crippen molar-refractivity contribution >= 4 is 22.6 Å². The van der Waals surface area contributed by atoms with E-state index in [9.17, 15) is 4.79 Å². The van der Waals surface area contributed by atoms with Gasteiger partial charge in [0.05, 0.1) is 0 Å². The van der Waals surface area contributed by atoms with E-state index in [1.807, 2.05) is 24.3 Å². The van der Waals surface area contributed by atoms with E-state index in [1.54, 1.807) is 35.3 Å². The number of carbonyl (C=O) groups is 1. The Morgan fingerprint density at radius 2 is 2.04 bits per heavy atom. The number of nitrogens with zero attached hydrogens (tertiary/aromatic N) is 4. The lowest BCUT2D eigenvalue weighted by atomic mass is 10.2. The molecule has 0 radical (unpaired) electrons. The Kier molecular flexibility index (Phi) is 3.09. The average Bonchev–Trinajstić information content (AvgIpc) is 3.24. The van der Waals surface area contributed by atoms with E-state index in [1.165, 1.54) is 6.33 Å². The SMILES string of the molecule is O=C(Nc1cc(-n2cccn2)ncn1)c1cc2ccccc2[nH]1. The van der Waals surface area contributed by atoms with E-state index in [-0.39, 0.29) is 5.91 Å². The smallest absolute Gasteiger partial charge is 0.273 e. The summed E-state index contributed by atoms with van der Waals surface area (Å²) in [7, 11) is 0. The Morgan fingerprint density at radius 1 is 1.13 bits per heavy atom. The predicted molar refractivity (Wildman–Crippen MR) is 85.4 cm³/mol. The van der Waals surface area contributed by atoms with Gasteiger partial charge in [0, 0.05) is 29.4 Å². The Bertz CT molecular complexity index is 940. The Labute approximate surface area is 131 Å². The van der Waals surface area contributed by atoms with Gasteiger partial charge in [-0.2, -0.15) is 5.10 Å². The van der Waals surface area contributed by atoms with Crippen LogP contribution in [-0.4, -0.2) is 30.6 Å². The zero-order chi connectivity index (χ0) is 15.6. The van der Waals surface area contributed by atoms with Gasteiger partial charge in [0.1, 0.15) is 17.8 Å². The zero-order valence-electron chi connectivity index (χ0n) is 12.0. The van der Waals surface area contributed by atoms with Crippen LogP contribution < -0.4 is 5.32 Å². The molecule has 0 spiro atoms. The molecule has 3 heterocycles. The number of amides is 1. The number of nitrogens with one attached hydrogen (secondary N) is 2. The van der Waals surface area contributed by atoms with Crippen LogP contribution in [-0.2, 0) is 0 Å². The molecule has 0 saturated carbocycles. The summed E-state index contributed by atoms with van der Waals surface area (Å²) in [6.07, 6.45) is 4.81. The monoisotopic (exact) mass is 304 g/mol. The number of aromatic amines is 1. The van der Waals surface area contributed by atoms with Crippen LogP contribution >= 0.6 is 0 Å². The predicted octanol–water partition coefficient (Wildman–Crippen LogP) is 2.40. The molecule has 0 aliphatic rings. The standard InChI is InChI=1S/C16H12N6O/c23-16(13-8-11-4-1-2-5-12(11)20-13)21-14-9-15(18-10-17-14)22-7-3-6-19-22/h1-10,20H,(H,17,18,21,23). The van der Waals surface area contributed by atoms with Crippen molar-refractivity contribution in [2.75, 3.05) is 5.32 Å². The first-order chi connectivity index (χ1) is 11.3. The summed E-state index contributed by atoms with van der Waals surface area (Å²) in [5, 5.41) is 7.84. The van der Waals surface area contributed by atoms with Crippen LogP contribution in [0.15, 0.2) is 61.2 Å². The number of aromatic nitrogens is 5. The van der Waals surface area contributed by atoms with Gasteiger partial charge in [0.25, 0.3) is 5.91 Å². The van der Waals surface area contributed by atoms with Crippen LogP contribution in [0.4, 0.5) is 5.82 Å². The Balaban J connectivity index is 1.60. The third-order valence-electron chi connectivity index (χ3n) is 3.41. The number of hydrogen-bond acceptors (Lipinski definition) is 4. The van der Waals surface area contributed by atoms with Crippen LogP contribution in [0, 0.1) is 0 Å². The fourth-order valence-corrected chi connectivity index (χ4v) is 2.32. The van der Waals surface area contributed by atoms with E-state index in [2.05, 4.69) is 25.4 Å². The number of rotatable bonds is 3. The van der Waals surface area contributed by atoms with Crippen molar-refractivity contribution in [2.24, 2.45) is 0 Å². The minimum absolute atomic E-state index is 0.258. The van der Waals surface area contributed by atoms with Crippen molar-refractivity contribution in [1.82, 2.24) is 24.7 Å². The van der Waals surface area contributed by atoms with Crippen LogP contribution in [0.1, 0.15) is 10.5 Å². The number of carbonyl (C=O) groups excluding carboxylic acids is 1. The van der Waals surface area contributed by atoms with E-state index >= 15 is 0 Å². The normalized spacial score (nSPS) is 10.8. The van der Waals surface area contributed by atoms with Crippen molar-refractivity contribution in [1.29, 1.82) is 0 Å². The minimum atomic E-state index is -0.258. The quantitative estimate of drug-likeness (QED) is 0.608. The van der Waals surface area contributed by atoms with Crippen LogP contribution in [0.2, 0.25) is 0 Å². The minimum Gasteiger partial charge on any atom is -0.351 e. The van der Waals surface area contributed by atoms with Gasteiger partial charge in [-0.3, -0.25) is 4.79 Å². The molecule has 0 atom stereocenters. The van der Waals surface area contributed by atoms with Gasteiger partial charge in [-0.25, -0.2) is 14.6 Å². The van der Waals surface area contributed by atoms with Gasteiger partial charge < -0.3 is 10.3 Å². The first kappa shape index (κ1) is 13.2. The maximum absolute atomic E-state index is 12.4. The number of hydrogen-bond donors (Lipinski definition) is 2. The molecule has 1 amide bonds. The molecule has 3 aromatic heterocycles. The molecular formula is C16H12N6O. The lowest BCUT2D eigenvalue weighted by molar-refractivity contribution is 0.102. The molecule has 7 heteroatoms. The number of H-pyrrole nitrogens is 1. The highest BCUT2D eigenvalue weighted by molar-refractivity contribution is 6.05. The lowest BCUT2D eigenvalue weighted by Crippen LogP contribution is -2.14. The van der Waals surface area contributed by atoms with E-state index in [0.29, 0.717) is 17.3 Å². The first-order valence-corrected chi connectivity index (χ1v) is 7.01. The van der Waals surface area contributed by atoms with Crippen LogP contribution in [0.25, 0.3) is 16.7 Å². The number of anilines is 1. The first-order valence-electron chi connectivity index (χ1n) is 7.01. The summed E-state index contributed by atoms with van der Waals surface area (Å²) in [6.45, 7) is 0. The molecule has 2 N–H and O–H groups in total. The summed E-state index contributed by atoms with van der Waals surface area (Å²) in [5.41, 5.74) is 1.39. The molecule has 0 aliphatic carbocycles. The molecule has 4 aromatic rings. The second-order valence-corrected chi connectivity index (χ2v) is 4.94. The summed E-state index contributed by atoms with van der Waals surface area (Å²) in [5.74, 6) is 0.734. The maximum Gasteiger partial charge on any atom is 0.273 e. The average molecular weight is 304 g/mol. The van der Waals surface area contributed by atoms with Gasteiger partial charge in [0.2, 0.25) is 0 Å². The molecule has 0 fully saturated rings. The molecule has 0 aliphatic heterocycles. The number of benzene rings is 1. The third kappa shape index (κ3) is 2.55. The summed E-state index contributed by atoms with van der Waals surface area (Å²) in [4.78, 5) is 23.6. The van der Waals surface area contributed by atoms with Crippen LogP contribution in [0.5, 0.6) is 0 Å². The highest BCUT2D eigenvalue weighted by Crippen LogP contribution is 2.16. The highest BCUT2D eigenvalue weighted by atomic mass is 16.1. The molecule has 23 heavy (non-hydrogen) atoms. The van der Waals surface area contributed by atoms with Crippen molar-refractivity contribution in [3.8, 4) is 5.82 Å². The molecule has 0 unspecified atom stereocenters. The van der Waals surface area contributed by atoms with Crippen molar-refractivity contribution in [3.63, 3.8) is 0 Å². The summed E-state index contributed by atoms with van der Waals surface area (Å²) < 4.78 is 1.60. The van der Waals surface area contributed by atoms with Gasteiger partial charge >= 0.3 is 0 Å². The topological polar surface area (TPSA) is 88.5 Å². The second-order valence-electron chi connectivity index (χ2n) is 4.94. The molecule has 112 valence electrons. The van der Waals surface area contributed by atoms with Gasteiger partial charge in [-0.1, -0.05) is 18.2 Å². The van der Waals surface area contributed by atoms with Crippen molar-refractivity contribution < 1.29 is 4.79 Å². The second kappa shape index (κ2) is 5.38. The maximum atomic E-state index is 12.4.